The molecule has 0 aliphatic rings. The van der Waals surface area contributed by atoms with Crippen LogP contribution in [0.2, 0.25) is 0 Å². The molecule has 0 fully saturated rings. The minimum absolute atomic E-state index is 0.276. The summed E-state index contributed by atoms with van der Waals surface area (Å²) in [5.41, 5.74) is 6.41. The van der Waals surface area contributed by atoms with Crippen molar-refractivity contribution >= 4 is 39.3 Å². The van der Waals surface area contributed by atoms with E-state index in [4.69, 9.17) is 0 Å². The summed E-state index contributed by atoms with van der Waals surface area (Å²) in [5, 5.41) is 2.74. The molecule has 0 spiro atoms. The molecule has 3 rings (SSSR count). The number of rotatable bonds is 4. The fraction of sp³-hybridized carbons (Fsp3) is 0. The maximum absolute atomic E-state index is 12.3. The third-order valence-corrected chi connectivity index (χ3v) is 4.34. The van der Waals surface area contributed by atoms with Gasteiger partial charge in [0.05, 0.1) is 0 Å². The highest BCUT2D eigenvalue weighted by Gasteiger charge is 2.11. The zero-order valence-electron chi connectivity index (χ0n) is 14.6. The van der Waals surface area contributed by atoms with Gasteiger partial charge in [-0.3, -0.25) is 25.2 Å². The molecule has 0 saturated carbocycles. The van der Waals surface area contributed by atoms with E-state index in [-0.39, 0.29) is 5.91 Å². The Morgan fingerprint density at radius 1 is 0.607 bits per heavy atom. The summed E-state index contributed by atoms with van der Waals surface area (Å²) in [4.78, 5) is 36.6. The molecular formula is C21H16BrN3O3. The van der Waals surface area contributed by atoms with Crippen molar-refractivity contribution in [3.63, 3.8) is 0 Å². The topological polar surface area (TPSA) is 87.3 Å². The molecule has 0 unspecified atom stereocenters. The van der Waals surface area contributed by atoms with Gasteiger partial charge in [-0.15, -0.1) is 0 Å². The number of hydrazine groups is 1. The zero-order valence-corrected chi connectivity index (χ0v) is 16.2. The van der Waals surface area contributed by atoms with Crippen LogP contribution in [0.3, 0.4) is 0 Å². The maximum atomic E-state index is 12.3. The normalized spacial score (nSPS) is 10.0. The average Bonchev–Trinajstić information content (AvgIpc) is 2.73. The van der Waals surface area contributed by atoms with Gasteiger partial charge in [-0.05, 0) is 54.6 Å². The predicted octanol–water partition coefficient (Wildman–Crippen LogP) is 3.78. The van der Waals surface area contributed by atoms with Gasteiger partial charge in [-0.2, -0.15) is 0 Å². The Balaban J connectivity index is 1.61. The van der Waals surface area contributed by atoms with Crippen LogP contribution in [0.15, 0.2) is 83.3 Å². The average molecular weight is 438 g/mol. The fourth-order valence-corrected chi connectivity index (χ4v) is 2.65. The molecule has 0 saturated heterocycles. The lowest BCUT2D eigenvalue weighted by Gasteiger charge is -2.09. The molecule has 0 bridgehead atoms. The smallest absolute Gasteiger partial charge is 0.269 e. The quantitative estimate of drug-likeness (QED) is 0.542. The highest BCUT2D eigenvalue weighted by Crippen LogP contribution is 2.13. The van der Waals surface area contributed by atoms with Crippen LogP contribution in [-0.2, 0) is 0 Å². The van der Waals surface area contributed by atoms with Crippen molar-refractivity contribution < 1.29 is 14.4 Å². The monoisotopic (exact) mass is 437 g/mol. The van der Waals surface area contributed by atoms with Crippen molar-refractivity contribution in [2.24, 2.45) is 0 Å². The predicted molar refractivity (Wildman–Crippen MR) is 110 cm³/mol. The van der Waals surface area contributed by atoms with Gasteiger partial charge in [0.2, 0.25) is 0 Å². The van der Waals surface area contributed by atoms with Crippen LogP contribution < -0.4 is 16.2 Å². The Labute approximate surface area is 170 Å². The summed E-state index contributed by atoms with van der Waals surface area (Å²) in [5.74, 6) is -1.21. The first-order valence-electron chi connectivity index (χ1n) is 8.35. The van der Waals surface area contributed by atoms with Crippen LogP contribution >= 0.6 is 15.9 Å². The number of amides is 3. The Hall–Kier alpha value is -3.45. The Morgan fingerprint density at radius 2 is 1.18 bits per heavy atom. The van der Waals surface area contributed by atoms with Crippen LogP contribution in [0, 0.1) is 0 Å². The van der Waals surface area contributed by atoms with Crippen LogP contribution in [0.25, 0.3) is 0 Å². The second-order valence-corrected chi connectivity index (χ2v) is 6.73. The first-order valence-corrected chi connectivity index (χ1v) is 9.15. The number of halogens is 1. The molecule has 0 aliphatic heterocycles. The molecular weight excluding hydrogens is 422 g/mol. The number of benzene rings is 3. The number of nitrogens with one attached hydrogen (secondary N) is 3. The van der Waals surface area contributed by atoms with E-state index in [1.807, 2.05) is 6.07 Å². The fourth-order valence-electron chi connectivity index (χ4n) is 2.39. The molecule has 6 nitrogen and oxygen atoms in total. The first-order chi connectivity index (χ1) is 13.5. The van der Waals surface area contributed by atoms with E-state index < -0.39 is 11.8 Å². The minimum Gasteiger partial charge on any atom is -0.322 e. The second kappa shape index (κ2) is 8.96. The van der Waals surface area contributed by atoms with Crippen LogP contribution in [0.4, 0.5) is 5.69 Å². The van der Waals surface area contributed by atoms with Gasteiger partial charge >= 0.3 is 0 Å². The molecule has 28 heavy (non-hydrogen) atoms. The van der Waals surface area contributed by atoms with E-state index >= 15 is 0 Å². The first kappa shape index (κ1) is 19.3. The molecule has 3 aromatic rings. The van der Waals surface area contributed by atoms with Crippen molar-refractivity contribution in [2.75, 3.05) is 5.32 Å². The Bertz CT molecular complexity index is 1000. The molecule has 7 heteroatoms. The molecule has 0 heterocycles. The van der Waals surface area contributed by atoms with Crippen molar-refractivity contribution in [1.29, 1.82) is 0 Å². The zero-order chi connectivity index (χ0) is 19.9. The van der Waals surface area contributed by atoms with Crippen molar-refractivity contribution in [3.8, 4) is 0 Å². The summed E-state index contributed by atoms with van der Waals surface area (Å²) in [6, 6.07) is 21.9. The van der Waals surface area contributed by atoms with Crippen LogP contribution in [0.1, 0.15) is 31.1 Å². The molecule has 0 atom stereocenters. The van der Waals surface area contributed by atoms with Gasteiger partial charge in [-0.25, -0.2) is 0 Å². The molecule has 3 N–H and O–H groups in total. The van der Waals surface area contributed by atoms with E-state index in [1.165, 1.54) is 6.07 Å². The van der Waals surface area contributed by atoms with Crippen LogP contribution in [-0.4, -0.2) is 17.7 Å². The lowest BCUT2D eigenvalue weighted by Crippen LogP contribution is -2.41. The maximum Gasteiger partial charge on any atom is 0.269 e. The number of anilines is 1. The molecule has 0 aromatic heterocycles. The lowest BCUT2D eigenvalue weighted by atomic mass is 10.1. The van der Waals surface area contributed by atoms with Crippen LogP contribution in [0.5, 0.6) is 0 Å². The van der Waals surface area contributed by atoms with E-state index in [9.17, 15) is 14.4 Å². The molecule has 3 amide bonds. The van der Waals surface area contributed by atoms with Gasteiger partial charge in [0.15, 0.2) is 0 Å². The summed E-state index contributed by atoms with van der Waals surface area (Å²) in [6.07, 6.45) is 0. The number of hydrogen-bond donors (Lipinski definition) is 3. The highest BCUT2D eigenvalue weighted by atomic mass is 79.9. The molecule has 3 aromatic carbocycles. The van der Waals surface area contributed by atoms with Gasteiger partial charge in [0.25, 0.3) is 17.7 Å². The Kier molecular flexibility index (Phi) is 6.18. The number of carbonyl (C=O) groups excluding carboxylic acids is 3. The molecule has 0 aliphatic carbocycles. The van der Waals surface area contributed by atoms with Crippen molar-refractivity contribution in [1.82, 2.24) is 10.9 Å². The third kappa shape index (κ3) is 5.05. The standard InChI is InChI=1S/C21H16BrN3O3/c22-17-11-9-15(10-12-17)20(27)24-25-21(28)16-7-4-8-18(13-16)23-19(26)14-5-2-1-3-6-14/h1-13H,(H,23,26)(H,24,27)(H,25,28). The number of carbonyl (C=O) groups is 3. The van der Waals surface area contributed by atoms with Gasteiger partial charge < -0.3 is 5.32 Å². The molecule has 140 valence electrons. The van der Waals surface area contributed by atoms with E-state index in [2.05, 4.69) is 32.1 Å². The van der Waals surface area contributed by atoms with Gasteiger partial charge in [-0.1, -0.05) is 40.2 Å². The SMILES string of the molecule is O=C(NNC(=O)c1cccc(NC(=O)c2ccccc2)c1)c1ccc(Br)cc1. The summed E-state index contributed by atoms with van der Waals surface area (Å²) >= 11 is 3.29. The van der Waals surface area contributed by atoms with Crippen molar-refractivity contribution in [3.05, 3.63) is 100 Å². The lowest BCUT2D eigenvalue weighted by molar-refractivity contribution is 0.0846. The summed E-state index contributed by atoms with van der Waals surface area (Å²) in [6.45, 7) is 0. The summed E-state index contributed by atoms with van der Waals surface area (Å²) < 4.78 is 0.849. The van der Waals surface area contributed by atoms with E-state index in [1.54, 1.807) is 66.7 Å². The van der Waals surface area contributed by atoms with Crippen molar-refractivity contribution in [2.45, 2.75) is 0 Å². The van der Waals surface area contributed by atoms with Gasteiger partial charge in [0, 0.05) is 26.9 Å². The van der Waals surface area contributed by atoms with E-state index in [0.717, 1.165) is 4.47 Å². The largest absolute Gasteiger partial charge is 0.322 e. The molecule has 0 radical (unpaired) electrons. The van der Waals surface area contributed by atoms with E-state index in [0.29, 0.717) is 22.4 Å². The highest BCUT2D eigenvalue weighted by molar-refractivity contribution is 9.10. The second-order valence-electron chi connectivity index (χ2n) is 5.82. The summed E-state index contributed by atoms with van der Waals surface area (Å²) in [7, 11) is 0. The number of hydrogen-bond acceptors (Lipinski definition) is 3. The van der Waals surface area contributed by atoms with Gasteiger partial charge in [0.1, 0.15) is 0 Å². The third-order valence-electron chi connectivity index (χ3n) is 3.81. The minimum atomic E-state index is -0.499. The Morgan fingerprint density at radius 3 is 1.86 bits per heavy atom.